The molecule has 0 spiro atoms. The number of hydrogen-bond donors (Lipinski definition) is 1. The third-order valence-electron chi connectivity index (χ3n) is 3.77. The van der Waals surface area contributed by atoms with Gasteiger partial charge in [0, 0.05) is 16.4 Å². The molecule has 1 N–H and O–H groups in total. The van der Waals surface area contributed by atoms with Gasteiger partial charge in [0.25, 0.3) is 5.91 Å². The SMILES string of the molecule is Cc1ccc(NC(=O)COc2ccc(C=Nc3ccc(Br)cc3)cc2)cc1. The smallest absolute Gasteiger partial charge is 0.262 e. The van der Waals surface area contributed by atoms with Crippen molar-refractivity contribution in [2.45, 2.75) is 6.92 Å². The normalized spacial score (nSPS) is 10.7. The first-order chi connectivity index (χ1) is 13.1. The van der Waals surface area contributed by atoms with E-state index in [4.69, 9.17) is 4.74 Å². The second kappa shape index (κ2) is 9.14. The number of aryl methyl sites for hydroxylation is 1. The van der Waals surface area contributed by atoms with Crippen LogP contribution in [0.4, 0.5) is 11.4 Å². The van der Waals surface area contributed by atoms with Crippen molar-refractivity contribution in [1.29, 1.82) is 0 Å². The highest BCUT2D eigenvalue weighted by Crippen LogP contribution is 2.17. The van der Waals surface area contributed by atoms with E-state index in [0.717, 1.165) is 27.0 Å². The number of carbonyl (C=O) groups excluding carboxylic acids is 1. The summed E-state index contributed by atoms with van der Waals surface area (Å²) >= 11 is 3.40. The number of rotatable bonds is 6. The fourth-order valence-corrected chi connectivity index (χ4v) is 2.57. The molecule has 0 aliphatic heterocycles. The van der Waals surface area contributed by atoms with E-state index in [1.165, 1.54) is 0 Å². The maximum atomic E-state index is 12.0. The number of ether oxygens (including phenoxy) is 1. The van der Waals surface area contributed by atoms with Crippen LogP contribution < -0.4 is 10.1 Å². The summed E-state index contributed by atoms with van der Waals surface area (Å²) in [7, 11) is 0. The third-order valence-corrected chi connectivity index (χ3v) is 4.30. The molecule has 0 aliphatic rings. The molecule has 4 nitrogen and oxygen atoms in total. The topological polar surface area (TPSA) is 50.7 Å². The lowest BCUT2D eigenvalue weighted by Gasteiger charge is -2.08. The van der Waals surface area contributed by atoms with Crippen LogP contribution in [0, 0.1) is 6.92 Å². The van der Waals surface area contributed by atoms with Gasteiger partial charge < -0.3 is 10.1 Å². The number of hydrogen-bond acceptors (Lipinski definition) is 3. The first-order valence-corrected chi connectivity index (χ1v) is 9.27. The lowest BCUT2D eigenvalue weighted by atomic mass is 10.2. The molecule has 3 aromatic carbocycles. The molecule has 5 heteroatoms. The van der Waals surface area contributed by atoms with Crippen LogP contribution in [0.25, 0.3) is 0 Å². The molecule has 3 aromatic rings. The Morgan fingerprint density at radius 2 is 1.67 bits per heavy atom. The van der Waals surface area contributed by atoms with Gasteiger partial charge >= 0.3 is 0 Å². The van der Waals surface area contributed by atoms with Gasteiger partial charge in [-0.05, 0) is 73.2 Å². The predicted octanol–water partition coefficient (Wildman–Crippen LogP) is 5.53. The van der Waals surface area contributed by atoms with Crippen molar-refractivity contribution >= 4 is 39.4 Å². The molecular formula is C22H19BrN2O2. The molecule has 0 heterocycles. The molecule has 27 heavy (non-hydrogen) atoms. The number of nitrogens with one attached hydrogen (secondary N) is 1. The number of carbonyl (C=O) groups is 1. The van der Waals surface area contributed by atoms with Crippen molar-refractivity contribution in [2.24, 2.45) is 4.99 Å². The molecule has 0 fully saturated rings. The minimum atomic E-state index is -0.195. The van der Waals surface area contributed by atoms with Crippen LogP contribution in [0.3, 0.4) is 0 Å². The summed E-state index contributed by atoms with van der Waals surface area (Å²) < 4.78 is 6.56. The quantitative estimate of drug-likeness (QED) is 0.531. The Labute approximate surface area is 167 Å². The van der Waals surface area contributed by atoms with E-state index < -0.39 is 0 Å². The van der Waals surface area contributed by atoms with Crippen LogP contribution in [-0.2, 0) is 4.79 Å². The van der Waals surface area contributed by atoms with Gasteiger partial charge in [0.15, 0.2) is 6.61 Å². The summed E-state index contributed by atoms with van der Waals surface area (Å²) in [6, 6.07) is 22.8. The average Bonchev–Trinajstić information content (AvgIpc) is 2.68. The van der Waals surface area contributed by atoms with Crippen LogP contribution >= 0.6 is 15.9 Å². The minimum Gasteiger partial charge on any atom is -0.484 e. The van der Waals surface area contributed by atoms with Crippen LogP contribution in [0.5, 0.6) is 5.75 Å². The predicted molar refractivity (Wildman–Crippen MR) is 113 cm³/mol. The van der Waals surface area contributed by atoms with Crippen LogP contribution in [-0.4, -0.2) is 18.7 Å². The highest BCUT2D eigenvalue weighted by molar-refractivity contribution is 9.10. The van der Waals surface area contributed by atoms with Crippen molar-refractivity contribution < 1.29 is 9.53 Å². The Balaban J connectivity index is 1.50. The zero-order valence-corrected chi connectivity index (χ0v) is 16.4. The molecule has 0 atom stereocenters. The van der Waals surface area contributed by atoms with Crippen LogP contribution in [0.2, 0.25) is 0 Å². The van der Waals surface area contributed by atoms with E-state index in [-0.39, 0.29) is 12.5 Å². The van der Waals surface area contributed by atoms with E-state index in [1.54, 1.807) is 6.21 Å². The zero-order valence-electron chi connectivity index (χ0n) is 14.9. The van der Waals surface area contributed by atoms with Gasteiger partial charge in [0.2, 0.25) is 0 Å². The van der Waals surface area contributed by atoms with Crippen LogP contribution in [0.1, 0.15) is 11.1 Å². The van der Waals surface area contributed by atoms with Crippen LogP contribution in [0.15, 0.2) is 82.3 Å². The Morgan fingerprint density at radius 3 is 2.33 bits per heavy atom. The molecule has 1 amide bonds. The van der Waals surface area contributed by atoms with Gasteiger partial charge in [-0.15, -0.1) is 0 Å². The Hall–Kier alpha value is -2.92. The van der Waals surface area contributed by atoms with Crippen molar-refractivity contribution in [2.75, 3.05) is 11.9 Å². The highest BCUT2D eigenvalue weighted by Gasteiger charge is 2.03. The summed E-state index contributed by atoms with van der Waals surface area (Å²) in [5.41, 5.74) is 3.74. The summed E-state index contributed by atoms with van der Waals surface area (Å²) in [5, 5.41) is 2.80. The number of aliphatic imine (C=N–C) groups is 1. The standard InChI is InChI=1S/C22H19BrN2O2/c1-16-2-8-20(9-3-16)25-22(26)15-27-21-12-4-17(5-13-21)14-24-19-10-6-18(23)7-11-19/h2-14H,15H2,1H3,(H,25,26). The van der Waals surface area contributed by atoms with Gasteiger partial charge in [-0.25, -0.2) is 0 Å². The van der Waals surface area contributed by atoms with Crippen molar-refractivity contribution in [3.8, 4) is 5.75 Å². The molecule has 0 saturated heterocycles. The van der Waals surface area contributed by atoms with Gasteiger partial charge in [-0.2, -0.15) is 0 Å². The summed E-state index contributed by atoms with van der Waals surface area (Å²) in [6.45, 7) is 1.96. The maximum Gasteiger partial charge on any atom is 0.262 e. The van der Waals surface area contributed by atoms with Crippen molar-refractivity contribution in [1.82, 2.24) is 0 Å². The lowest BCUT2D eigenvalue weighted by molar-refractivity contribution is -0.118. The van der Waals surface area contributed by atoms with E-state index >= 15 is 0 Å². The van der Waals surface area contributed by atoms with Crippen molar-refractivity contribution in [3.05, 3.63) is 88.4 Å². The minimum absolute atomic E-state index is 0.0415. The van der Waals surface area contributed by atoms with E-state index in [2.05, 4.69) is 26.2 Å². The molecule has 0 aromatic heterocycles. The fourth-order valence-electron chi connectivity index (χ4n) is 2.31. The number of amides is 1. The van der Waals surface area contributed by atoms with Gasteiger partial charge in [0.1, 0.15) is 5.75 Å². The summed E-state index contributed by atoms with van der Waals surface area (Å²) in [5.74, 6) is 0.439. The largest absolute Gasteiger partial charge is 0.484 e. The van der Waals surface area contributed by atoms with E-state index in [0.29, 0.717) is 5.75 Å². The Bertz CT molecular complexity index is 918. The first kappa shape index (κ1) is 18.9. The summed E-state index contributed by atoms with van der Waals surface area (Å²) in [6.07, 6.45) is 1.79. The van der Waals surface area contributed by atoms with Crippen molar-refractivity contribution in [3.63, 3.8) is 0 Å². The fraction of sp³-hybridized carbons (Fsp3) is 0.0909. The molecule has 0 aliphatic carbocycles. The van der Waals surface area contributed by atoms with Gasteiger partial charge in [-0.1, -0.05) is 33.6 Å². The number of anilines is 1. The molecular weight excluding hydrogens is 404 g/mol. The first-order valence-electron chi connectivity index (χ1n) is 8.47. The Morgan fingerprint density at radius 1 is 1.00 bits per heavy atom. The molecule has 0 radical (unpaired) electrons. The third kappa shape index (κ3) is 6.08. The molecule has 0 bridgehead atoms. The number of nitrogens with zero attached hydrogens (tertiary/aromatic N) is 1. The van der Waals surface area contributed by atoms with Gasteiger partial charge in [-0.3, -0.25) is 9.79 Å². The lowest BCUT2D eigenvalue weighted by Crippen LogP contribution is -2.20. The molecule has 3 rings (SSSR count). The molecule has 0 saturated carbocycles. The maximum absolute atomic E-state index is 12.0. The second-order valence-corrected chi connectivity index (χ2v) is 6.92. The molecule has 0 unspecified atom stereocenters. The Kier molecular flexibility index (Phi) is 6.39. The second-order valence-electron chi connectivity index (χ2n) is 6.01. The number of halogens is 1. The van der Waals surface area contributed by atoms with E-state index in [9.17, 15) is 4.79 Å². The average molecular weight is 423 g/mol. The number of benzene rings is 3. The molecule has 136 valence electrons. The summed E-state index contributed by atoms with van der Waals surface area (Å²) in [4.78, 5) is 16.4. The highest BCUT2D eigenvalue weighted by atomic mass is 79.9. The van der Waals surface area contributed by atoms with Gasteiger partial charge in [0.05, 0.1) is 5.69 Å². The van der Waals surface area contributed by atoms with E-state index in [1.807, 2.05) is 79.7 Å². The zero-order chi connectivity index (χ0) is 19.1. The monoisotopic (exact) mass is 422 g/mol.